The van der Waals surface area contributed by atoms with Gasteiger partial charge in [0.15, 0.2) is 0 Å². The molecule has 0 aliphatic heterocycles. The molecule has 0 radical (unpaired) electrons. The maximum absolute atomic E-state index is 9.60. The standard InChI is InChI=1S/C5H10O2.C5H12O/c1-5(2,3)7-4-6;1-5(2,3)6-4/h4H,1-3H3;1-4H3. The van der Waals surface area contributed by atoms with Crippen molar-refractivity contribution in [2.75, 3.05) is 7.11 Å². The van der Waals surface area contributed by atoms with E-state index in [2.05, 4.69) is 4.74 Å². The molecule has 13 heavy (non-hydrogen) atoms. The Balaban J connectivity index is 0. The van der Waals surface area contributed by atoms with Crippen molar-refractivity contribution < 1.29 is 14.3 Å². The monoisotopic (exact) mass is 190 g/mol. The van der Waals surface area contributed by atoms with Gasteiger partial charge < -0.3 is 9.47 Å². The Morgan fingerprint density at radius 1 is 0.923 bits per heavy atom. The van der Waals surface area contributed by atoms with Crippen LogP contribution in [0.4, 0.5) is 0 Å². The van der Waals surface area contributed by atoms with Gasteiger partial charge >= 0.3 is 0 Å². The lowest BCUT2D eigenvalue weighted by atomic mass is 10.2. The molecule has 3 nitrogen and oxygen atoms in total. The fourth-order valence-corrected chi connectivity index (χ4v) is 0.144. The van der Waals surface area contributed by atoms with E-state index in [0.29, 0.717) is 6.47 Å². The number of hydrogen-bond donors (Lipinski definition) is 0. The number of carbonyl (C=O) groups excluding carboxylic acids is 1. The third-order valence-corrected chi connectivity index (χ3v) is 1.01. The van der Waals surface area contributed by atoms with Gasteiger partial charge in [-0.15, -0.1) is 0 Å². The highest BCUT2D eigenvalue weighted by Gasteiger charge is 2.07. The Kier molecular flexibility index (Phi) is 6.86. The molecule has 0 spiro atoms. The molecule has 0 rings (SSSR count). The summed E-state index contributed by atoms with van der Waals surface area (Å²) in [7, 11) is 1.71. The molecule has 0 saturated carbocycles. The minimum atomic E-state index is -0.318. The summed E-state index contributed by atoms with van der Waals surface area (Å²) in [6, 6.07) is 0. The fourth-order valence-electron chi connectivity index (χ4n) is 0.144. The maximum Gasteiger partial charge on any atom is 0.293 e. The Hall–Kier alpha value is -0.570. The molecule has 0 aromatic rings. The molecule has 0 heterocycles. The van der Waals surface area contributed by atoms with Gasteiger partial charge in [-0.05, 0) is 41.5 Å². The van der Waals surface area contributed by atoms with E-state index in [9.17, 15) is 4.79 Å². The summed E-state index contributed by atoms with van der Waals surface area (Å²) in [4.78, 5) is 9.60. The summed E-state index contributed by atoms with van der Waals surface area (Å²) in [5, 5.41) is 0. The van der Waals surface area contributed by atoms with E-state index in [4.69, 9.17) is 4.74 Å². The molecule has 0 aliphatic carbocycles. The van der Waals surface area contributed by atoms with E-state index in [1.165, 1.54) is 0 Å². The second-order valence-electron chi connectivity index (χ2n) is 4.64. The minimum absolute atomic E-state index is 0.0417. The fraction of sp³-hybridized carbons (Fsp3) is 0.900. The first-order chi connectivity index (χ1) is 5.62. The highest BCUT2D eigenvalue weighted by Crippen LogP contribution is 2.02. The lowest BCUT2D eigenvalue weighted by Gasteiger charge is -2.14. The van der Waals surface area contributed by atoms with Crippen molar-refractivity contribution in [3.8, 4) is 0 Å². The number of hydrogen-bond acceptors (Lipinski definition) is 3. The summed E-state index contributed by atoms with van der Waals surface area (Å²) in [6.45, 7) is 12.0. The summed E-state index contributed by atoms with van der Waals surface area (Å²) >= 11 is 0. The van der Waals surface area contributed by atoms with Crippen LogP contribution in [0.1, 0.15) is 41.5 Å². The van der Waals surface area contributed by atoms with Crippen LogP contribution in [0.5, 0.6) is 0 Å². The molecule has 3 heteroatoms. The number of rotatable bonds is 1. The van der Waals surface area contributed by atoms with Crippen molar-refractivity contribution in [3.63, 3.8) is 0 Å². The van der Waals surface area contributed by atoms with E-state index in [-0.39, 0.29) is 11.2 Å². The zero-order valence-corrected chi connectivity index (χ0v) is 9.80. The maximum atomic E-state index is 9.60. The van der Waals surface area contributed by atoms with Crippen LogP contribution >= 0.6 is 0 Å². The van der Waals surface area contributed by atoms with Gasteiger partial charge in [0.05, 0.1) is 5.60 Å². The highest BCUT2D eigenvalue weighted by molar-refractivity contribution is 5.37. The molecule has 0 bridgehead atoms. The van der Waals surface area contributed by atoms with Gasteiger partial charge in [-0.1, -0.05) is 0 Å². The van der Waals surface area contributed by atoms with Gasteiger partial charge in [0.2, 0.25) is 0 Å². The minimum Gasteiger partial charge on any atom is -0.462 e. The van der Waals surface area contributed by atoms with Crippen molar-refractivity contribution in [2.45, 2.75) is 52.7 Å². The average Bonchev–Trinajstić information content (AvgIpc) is 1.84. The first kappa shape index (κ1) is 14.9. The van der Waals surface area contributed by atoms with Crippen LogP contribution in [0.3, 0.4) is 0 Å². The highest BCUT2D eigenvalue weighted by atomic mass is 16.5. The Morgan fingerprint density at radius 2 is 1.23 bits per heavy atom. The summed E-state index contributed by atoms with van der Waals surface area (Å²) < 4.78 is 9.49. The first-order valence-corrected chi connectivity index (χ1v) is 4.29. The SMILES string of the molecule is CC(C)(C)OC=O.COC(C)(C)C. The third kappa shape index (κ3) is 24.6. The Morgan fingerprint density at radius 3 is 1.23 bits per heavy atom. The second kappa shape index (κ2) is 5.97. The van der Waals surface area contributed by atoms with E-state index < -0.39 is 0 Å². The first-order valence-electron chi connectivity index (χ1n) is 4.29. The van der Waals surface area contributed by atoms with Gasteiger partial charge in [0.1, 0.15) is 5.60 Å². The summed E-state index contributed by atoms with van der Waals surface area (Å²) in [6.07, 6.45) is 0. The van der Waals surface area contributed by atoms with Crippen LogP contribution < -0.4 is 0 Å². The van der Waals surface area contributed by atoms with E-state index in [1.807, 2.05) is 41.5 Å². The van der Waals surface area contributed by atoms with Gasteiger partial charge in [-0.2, -0.15) is 0 Å². The van der Waals surface area contributed by atoms with Crippen LogP contribution in [0.25, 0.3) is 0 Å². The molecule has 0 aromatic heterocycles. The van der Waals surface area contributed by atoms with Gasteiger partial charge in [0.25, 0.3) is 6.47 Å². The Labute approximate surface area is 81.4 Å². The lowest BCUT2D eigenvalue weighted by molar-refractivity contribution is -0.138. The topological polar surface area (TPSA) is 35.5 Å². The molecule has 0 saturated heterocycles. The largest absolute Gasteiger partial charge is 0.462 e. The molecule has 0 amide bonds. The summed E-state index contributed by atoms with van der Waals surface area (Å²) in [5.74, 6) is 0. The van der Waals surface area contributed by atoms with Crippen LogP contribution in [-0.4, -0.2) is 24.8 Å². The second-order valence-corrected chi connectivity index (χ2v) is 4.64. The van der Waals surface area contributed by atoms with E-state index in [1.54, 1.807) is 7.11 Å². The Bertz CT molecular complexity index is 128. The van der Waals surface area contributed by atoms with Crippen molar-refractivity contribution in [1.82, 2.24) is 0 Å². The molecular weight excluding hydrogens is 168 g/mol. The zero-order chi connectivity index (χ0) is 11.1. The predicted molar refractivity (Wildman–Crippen MR) is 53.7 cm³/mol. The lowest BCUT2D eigenvalue weighted by Crippen LogP contribution is -2.17. The molecule has 0 aliphatic rings. The molecule has 0 fully saturated rings. The van der Waals surface area contributed by atoms with Crippen LogP contribution in [0.2, 0.25) is 0 Å². The number of ether oxygens (including phenoxy) is 2. The quantitative estimate of drug-likeness (QED) is 0.595. The average molecular weight is 190 g/mol. The van der Waals surface area contributed by atoms with Crippen molar-refractivity contribution >= 4 is 6.47 Å². The molecule has 0 N–H and O–H groups in total. The van der Waals surface area contributed by atoms with Crippen molar-refractivity contribution in [3.05, 3.63) is 0 Å². The van der Waals surface area contributed by atoms with Crippen molar-refractivity contribution in [1.29, 1.82) is 0 Å². The van der Waals surface area contributed by atoms with Crippen LogP contribution in [0, 0.1) is 0 Å². The molecule has 0 aromatic carbocycles. The third-order valence-electron chi connectivity index (χ3n) is 1.01. The predicted octanol–water partition coefficient (Wildman–Crippen LogP) is 2.39. The number of carbonyl (C=O) groups is 1. The molecular formula is C10H22O3. The molecule has 0 atom stereocenters. The van der Waals surface area contributed by atoms with Gasteiger partial charge in [-0.25, -0.2) is 0 Å². The van der Waals surface area contributed by atoms with Crippen molar-refractivity contribution in [2.24, 2.45) is 0 Å². The molecule has 0 unspecified atom stereocenters. The molecule has 80 valence electrons. The van der Waals surface area contributed by atoms with Gasteiger partial charge in [-0.3, -0.25) is 4.79 Å². The van der Waals surface area contributed by atoms with Crippen LogP contribution in [0.15, 0.2) is 0 Å². The summed E-state index contributed by atoms with van der Waals surface area (Å²) in [5.41, 5.74) is -0.276. The van der Waals surface area contributed by atoms with Gasteiger partial charge in [0, 0.05) is 7.11 Å². The zero-order valence-electron chi connectivity index (χ0n) is 9.80. The normalized spacial score (nSPS) is 11.3. The van der Waals surface area contributed by atoms with Crippen LogP contribution in [-0.2, 0) is 14.3 Å². The van der Waals surface area contributed by atoms with E-state index >= 15 is 0 Å². The smallest absolute Gasteiger partial charge is 0.293 e. The van der Waals surface area contributed by atoms with E-state index in [0.717, 1.165) is 0 Å². The number of methoxy groups -OCH3 is 1.